The number of amides is 1. The van der Waals surface area contributed by atoms with Gasteiger partial charge < -0.3 is 19.5 Å². The molecule has 27 heavy (non-hydrogen) atoms. The van der Waals surface area contributed by atoms with E-state index < -0.39 is 17.5 Å². The van der Waals surface area contributed by atoms with Crippen LogP contribution in [-0.4, -0.2) is 53.3 Å². The minimum Gasteiger partial charge on any atom is -0.481 e. The fraction of sp³-hybridized carbons (Fsp3) is 0.600. The number of benzene rings is 1. The smallest absolute Gasteiger partial charge is 0.309 e. The van der Waals surface area contributed by atoms with E-state index >= 15 is 0 Å². The number of nitrogens with zero attached hydrogens (tertiary/aromatic N) is 1. The van der Waals surface area contributed by atoms with Crippen molar-refractivity contribution in [2.45, 2.75) is 44.8 Å². The van der Waals surface area contributed by atoms with Crippen LogP contribution in [0, 0.1) is 11.8 Å². The van der Waals surface area contributed by atoms with Crippen molar-refractivity contribution in [3.8, 4) is 5.75 Å². The van der Waals surface area contributed by atoms with Gasteiger partial charge in [-0.1, -0.05) is 17.7 Å². The van der Waals surface area contributed by atoms with Gasteiger partial charge in [-0.2, -0.15) is 0 Å². The number of carboxylic acids is 1. The van der Waals surface area contributed by atoms with Crippen molar-refractivity contribution in [1.82, 2.24) is 4.90 Å². The number of carbonyl (C=O) groups is 2. The Morgan fingerprint density at radius 1 is 1.26 bits per heavy atom. The summed E-state index contributed by atoms with van der Waals surface area (Å²) in [5, 5.41) is 9.91. The van der Waals surface area contributed by atoms with E-state index in [0.717, 1.165) is 12.8 Å². The van der Waals surface area contributed by atoms with Crippen molar-refractivity contribution < 1.29 is 24.2 Å². The third-order valence-corrected chi connectivity index (χ3v) is 5.66. The number of hydrogen-bond acceptors (Lipinski definition) is 4. The molecule has 7 heteroatoms. The quantitative estimate of drug-likeness (QED) is 0.828. The monoisotopic (exact) mass is 395 g/mol. The summed E-state index contributed by atoms with van der Waals surface area (Å²) in [4.78, 5) is 26.1. The Labute approximate surface area is 164 Å². The molecule has 1 aromatic carbocycles. The lowest BCUT2D eigenvalue weighted by atomic mass is 9.84. The summed E-state index contributed by atoms with van der Waals surface area (Å²) >= 11 is 5.99. The predicted octanol–water partition coefficient (Wildman–Crippen LogP) is 3.23. The minimum absolute atomic E-state index is 0.0805. The second-order valence-corrected chi connectivity index (χ2v) is 8.20. The van der Waals surface area contributed by atoms with Crippen molar-refractivity contribution in [1.29, 1.82) is 0 Å². The summed E-state index contributed by atoms with van der Waals surface area (Å²) in [6.45, 7) is 5.17. The molecule has 2 saturated heterocycles. The van der Waals surface area contributed by atoms with Crippen LogP contribution in [0.2, 0.25) is 5.02 Å². The van der Waals surface area contributed by atoms with Gasteiger partial charge in [-0.25, -0.2) is 0 Å². The molecule has 2 atom stereocenters. The number of rotatable bonds is 5. The highest BCUT2D eigenvalue weighted by Crippen LogP contribution is 2.34. The third-order valence-electron chi connectivity index (χ3n) is 5.43. The van der Waals surface area contributed by atoms with Crippen LogP contribution < -0.4 is 4.74 Å². The summed E-state index contributed by atoms with van der Waals surface area (Å²) < 4.78 is 11.6. The minimum atomic E-state index is -1.01. The molecule has 1 N–H and O–H groups in total. The molecule has 2 aliphatic heterocycles. The van der Waals surface area contributed by atoms with Crippen LogP contribution in [0.1, 0.15) is 33.1 Å². The summed E-state index contributed by atoms with van der Waals surface area (Å²) in [6.07, 6.45) is 1.82. The van der Waals surface area contributed by atoms with Gasteiger partial charge in [0.05, 0.1) is 12.0 Å². The lowest BCUT2D eigenvalue weighted by Gasteiger charge is -2.38. The number of ether oxygens (including phenoxy) is 2. The van der Waals surface area contributed by atoms with Crippen LogP contribution in [0.5, 0.6) is 5.75 Å². The first-order valence-corrected chi connectivity index (χ1v) is 9.74. The van der Waals surface area contributed by atoms with Gasteiger partial charge in [0.1, 0.15) is 5.75 Å². The number of halogens is 1. The molecule has 1 aromatic rings. The standard InChI is InChI=1S/C20H26ClNO5/c1-20(2,27-15-5-3-4-14(21)12-15)19(25)22-9-6-13(7-10-22)17-16(18(23)24)8-11-26-17/h3-5,12-13,16-17H,6-11H2,1-2H3,(H,23,24)/t16?,17-/m0/s1. The topological polar surface area (TPSA) is 76.1 Å². The Morgan fingerprint density at radius 3 is 2.59 bits per heavy atom. The normalized spacial score (nSPS) is 24.0. The number of likely N-dealkylation sites (tertiary alicyclic amines) is 1. The first-order valence-electron chi connectivity index (χ1n) is 9.36. The predicted molar refractivity (Wildman–Crippen MR) is 101 cm³/mol. The maximum Gasteiger partial charge on any atom is 0.309 e. The van der Waals surface area contributed by atoms with Gasteiger partial charge in [0, 0.05) is 24.7 Å². The molecule has 3 rings (SSSR count). The number of hydrogen-bond donors (Lipinski definition) is 1. The van der Waals surface area contributed by atoms with Gasteiger partial charge in [-0.3, -0.25) is 9.59 Å². The van der Waals surface area contributed by atoms with E-state index in [9.17, 15) is 14.7 Å². The molecule has 0 radical (unpaired) electrons. The molecule has 0 bridgehead atoms. The van der Waals surface area contributed by atoms with Gasteiger partial charge in [-0.15, -0.1) is 0 Å². The molecule has 1 unspecified atom stereocenters. The second-order valence-electron chi connectivity index (χ2n) is 7.77. The fourth-order valence-corrected chi connectivity index (χ4v) is 4.20. The molecule has 6 nitrogen and oxygen atoms in total. The molecule has 1 amide bonds. The van der Waals surface area contributed by atoms with Crippen LogP contribution in [0.4, 0.5) is 0 Å². The van der Waals surface area contributed by atoms with E-state index in [1.165, 1.54) is 0 Å². The van der Waals surface area contributed by atoms with Gasteiger partial charge in [-0.05, 0) is 57.2 Å². The van der Waals surface area contributed by atoms with E-state index in [4.69, 9.17) is 21.1 Å². The van der Waals surface area contributed by atoms with E-state index in [1.807, 2.05) is 0 Å². The molecule has 0 aliphatic carbocycles. The van der Waals surface area contributed by atoms with Gasteiger partial charge >= 0.3 is 5.97 Å². The summed E-state index contributed by atoms with van der Waals surface area (Å²) in [5.41, 5.74) is -1.01. The molecule has 0 aromatic heterocycles. The molecule has 2 fully saturated rings. The van der Waals surface area contributed by atoms with Crippen molar-refractivity contribution >= 4 is 23.5 Å². The van der Waals surface area contributed by atoms with Crippen molar-refractivity contribution in [2.75, 3.05) is 19.7 Å². The zero-order valence-electron chi connectivity index (χ0n) is 15.7. The molecular weight excluding hydrogens is 370 g/mol. The maximum absolute atomic E-state index is 13.0. The molecule has 2 heterocycles. The zero-order chi connectivity index (χ0) is 19.6. The highest BCUT2D eigenvalue weighted by molar-refractivity contribution is 6.30. The molecule has 0 saturated carbocycles. The fourth-order valence-electron chi connectivity index (χ4n) is 4.02. The lowest BCUT2D eigenvalue weighted by molar-refractivity contribution is -0.150. The van der Waals surface area contributed by atoms with E-state index in [0.29, 0.717) is 36.9 Å². The van der Waals surface area contributed by atoms with Crippen molar-refractivity contribution in [3.63, 3.8) is 0 Å². The Morgan fingerprint density at radius 2 is 1.96 bits per heavy atom. The first kappa shape index (κ1) is 20.0. The Hall–Kier alpha value is -1.79. The molecule has 2 aliphatic rings. The second kappa shape index (κ2) is 8.07. The Balaban J connectivity index is 1.58. The maximum atomic E-state index is 13.0. The van der Waals surface area contributed by atoms with Crippen molar-refractivity contribution in [3.05, 3.63) is 29.3 Å². The SMILES string of the molecule is CC(C)(Oc1cccc(Cl)c1)C(=O)N1CCC([C@@H]2OCCC2C(=O)O)CC1. The largest absolute Gasteiger partial charge is 0.481 e. The summed E-state index contributed by atoms with van der Waals surface area (Å²) in [7, 11) is 0. The highest BCUT2D eigenvalue weighted by atomic mass is 35.5. The first-order chi connectivity index (χ1) is 12.8. The van der Waals surface area contributed by atoms with E-state index in [-0.39, 0.29) is 17.9 Å². The van der Waals surface area contributed by atoms with Crippen LogP contribution >= 0.6 is 11.6 Å². The third kappa shape index (κ3) is 4.55. The zero-order valence-corrected chi connectivity index (χ0v) is 16.4. The van der Waals surface area contributed by atoms with E-state index in [1.54, 1.807) is 43.0 Å². The number of piperidine rings is 1. The van der Waals surface area contributed by atoms with Crippen LogP contribution in [0.25, 0.3) is 0 Å². The summed E-state index contributed by atoms with van der Waals surface area (Å²) in [5.74, 6) is -0.566. The van der Waals surface area contributed by atoms with Gasteiger partial charge in [0.15, 0.2) is 5.60 Å². The Kier molecular flexibility index (Phi) is 5.96. The van der Waals surface area contributed by atoms with Crippen LogP contribution in [0.15, 0.2) is 24.3 Å². The number of aliphatic carboxylic acids is 1. The summed E-state index contributed by atoms with van der Waals surface area (Å²) in [6, 6.07) is 7.00. The Bertz CT molecular complexity index is 699. The number of carbonyl (C=O) groups excluding carboxylic acids is 1. The van der Waals surface area contributed by atoms with Crippen LogP contribution in [0.3, 0.4) is 0 Å². The molecule has 148 valence electrons. The molecule has 0 spiro atoms. The average Bonchev–Trinajstić information content (AvgIpc) is 3.11. The highest BCUT2D eigenvalue weighted by Gasteiger charge is 2.42. The van der Waals surface area contributed by atoms with Gasteiger partial charge in [0.25, 0.3) is 5.91 Å². The van der Waals surface area contributed by atoms with E-state index in [2.05, 4.69) is 0 Å². The molecular formula is C20H26ClNO5. The van der Waals surface area contributed by atoms with Crippen molar-refractivity contribution in [2.24, 2.45) is 11.8 Å². The van der Waals surface area contributed by atoms with Gasteiger partial charge in [0.2, 0.25) is 0 Å². The van der Waals surface area contributed by atoms with Crippen LogP contribution in [-0.2, 0) is 14.3 Å². The lowest BCUT2D eigenvalue weighted by Crippen LogP contribution is -2.52. The average molecular weight is 396 g/mol. The number of carboxylic acid groups (broad SMARTS) is 1.